The zero-order valence-corrected chi connectivity index (χ0v) is 14.6. The fourth-order valence-electron chi connectivity index (χ4n) is 3.36. The first-order chi connectivity index (χ1) is 11.6. The van der Waals surface area contributed by atoms with Gasteiger partial charge >= 0.3 is 0 Å². The van der Waals surface area contributed by atoms with Gasteiger partial charge in [-0.15, -0.1) is 10.2 Å². The van der Waals surface area contributed by atoms with Gasteiger partial charge in [0.1, 0.15) is 11.6 Å². The summed E-state index contributed by atoms with van der Waals surface area (Å²) in [5.74, 6) is 4.29. The van der Waals surface area contributed by atoms with Crippen LogP contribution in [-0.4, -0.2) is 60.9 Å². The van der Waals surface area contributed by atoms with Crippen molar-refractivity contribution >= 4 is 0 Å². The smallest absolute Gasteiger partial charge is 0.243 e. The lowest BCUT2D eigenvalue weighted by Crippen LogP contribution is -2.47. The van der Waals surface area contributed by atoms with Gasteiger partial charge in [-0.3, -0.25) is 9.80 Å². The summed E-state index contributed by atoms with van der Waals surface area (Å²) in [6, 6.07) is 0.171. The molecular weight excluding hydrogens is 306 g/mol. The van der Waals surface area contributed by atoms with Gasteiger partial charge in [0.05, 0.1) is 12.6 Å². The van der Waals surface area contributed by atoms with Crippen molar-refractivity contribution in [1.29, 1.82) is 0 Å². The zero-order valence-electron chi connectivity index (χ0n) is 14.6. The van der Waals surface area contributed by atoms with Crippen LogP contribution in [0.15, 0.2) is 4.52 Å². The van der Waals surface area contributed by atoms with Gasteiger partial charge in [-0.2, -0.15) is 4.98 Å². The highest BCUT2D eigenvalue weighted by Gasteiger charge is 2.30. The minimum atomic E-state index is 0.171. The highest BCUT2D eigenvalue weighted by atomic mass is 16.5. The van der Waals surface area contributed by atoms with E-state index in [9.17, 15) is 0 Å². The third kappa shape index (κ3) is 3.08. The summed E-state index contributed by atoms with van der Waals surface area (Å²) in [4.78, 5) is 9.20. The van der Waals surface area contributed by atoms with Gasteiger partial charge in [0.25, 0.3) is 0 Å². The van der Waals surface area contributed by atoms with Crippen LogP contribution >= 0.6 is 0 Å². The van der Waals surface area contributed by atoms with E-state index in [4.69, 9.17) is 4.52 Å². The van der Waals surface area contributed by atoms with Crippen molar-refractivity contribution in [2.45, 2.75) is 45.2 Å². The van der Waals surface area contributed by atoms with E-state index in [0.717, 1.165) is 44.4 Å². The molecule has 1 aliphatic heterocycles. The van der Waals surface area contributed by atoms with E-state index in [1.807, 2.05) is 6.92 Å². The average molecular weight is 331 g/mol. The number of piperazine rings is 1. The van der Waals surface area contributed by atoms with Gasteiger partial charge in [-0.05, 0) is 26.7 Å². The summed E-state index contributed by atoms with van der Waals surface area (Å²) >= 11 is 0. The van der Waals surface area contributed by atoms with Crippen molar-refractivity contribution in [2.24, 2.45) is 7.05 Å². The molecule has 1 unspecified atom stereocenters. The molecule has 8 heteroatoms. The predicted octanol–water partition coefficient (Wildman–Crippen LogP) is 1.26. The van der Waals surface area contributed by atoms with Crippen molar-refractivity contribution in [2.75, 3.05) is 26.2 Å². The van der Waals surface area contributed by atoms with Crippen LogP contribution in [0.2, 0.25) is 0 Å². The molecule has 8 nitrogen and oxygen atoms in total. The molecule has 0 radical (unpaired) electrons. The molecule has 0 N–H and O–H groups in total. The van der Waals surface area contributed by atoms with Gasteiger partial charge in [0, 0.05) is 39.1 Å². The van der Waals surface area contributed by atoms with Gasteiger partial charge in [-0.25, -0.2) is 0 Å². The molecule has 0 bridgehead atoms. The largest absolute Gasteiger partial charge is 0.338 e. The quantitative estimate of drug-likeness (QED) is 0.816. The molecule has 1 saturated carbocycles. The first-order valence-corrected chi connectivity index (χ1v) is 8.76. The Bertz CT molecular complexity index is 697. The maximum absolute atomic E-state index is 5.31. The normalized spacial score (nSPS) is 21.3. The lowest BCUT2D eigenvalue weighted by molar-refractivity contribution is 0.0826. The van der Waals surface area contributed by atoms with Crippen molar-refractivity contribution < 1.29 is 4.52 Å². The predicted molar refractivity (Wildman–Crippen MR) is 87.3 cm³/mol. The SMILES string of the molecule is Cc1noc(C(C)N2CCN(Cc3nnc(C4CC4)n3C)CC2)n1. The molecule has 4 rings (SSSR count). The maximum Gasteiger partial charge on any atom is 0.243 e. The molecule has 130 valence electrons. The Kier molecular flexibility index (Phi) is 4.09. The Morgan fingerprint density at radius 1 is 1.17 bits per heavy atom. The molecule has 3 heterocycles. The van der Waals surface area contributed by atoms with Crippen LogP contribution in [0, 0.1) is 6.92 Å². The standard InChI is InChI=1S/C16H25N7O/c1-11(16-17-12(2)20-24-16)23-8-6-22(7-9-23)10-14-18-19-15(21(14)3)13-4-5-13/h11,13H,4-10H2,1-3H3. The molecule has 24 heavy (non-hydrogen) atoms. The van der Waals surface area contributed by atoms with Gasteiger partial charge in [0.2, 0.25) is 5.89 Å². The van der Waals surface area contributed by atoms with E-state index in [0.29, 0.717) is 17.6 Å². The molecule has 0 spiro atoms. The third-order valence-electron chi connectivity index (χ3n) is 5.16. The van der Waals surface area contributed by atoms with Gasteiger partial charge in [0.15, 0.2) is 5.82 Å². The molecule has 0 amide bonds. The maximum atomic E-state index is 5.31. The second-order valence-electron chi connectivity index (χ2n) is 6.98. The van der Waals surface area contributed by atoms with Crippen molar-refractivity contribution in [3.8, 4) is 0 Å². The molecule has 1 aliphatic carbocycles. The van der Waals surface area contributed by atoms with E-state index in [1.54, 1.807) is 0 Å². The topological polar surface area (TPSA) is 76.1 Å². The zero-order chi connectivity index (χ0) is 16.7. The molecule has 1 atom stereocenters. The van der Waals surface area contributed by atoms with Gasteiger partial charge in [-0.1, -0.05) is 5.16 Å². The van der Waals surface area contributed by atoms with Crippen LogP contribution in [0.25, 0.3) is 0 Å². The minimum Gasteiger partial charge on any atom is -0.338 e. The van der Waals surface area contributed by atoms with Gasteiger partial charge < -0.3 is 9.09 Å². The van der Waals surface area contributed by atoms with Crippen molar-refractivity contribution in [3.63, 3.8) is 0 Å². The van der Waals surface area contributed by atoms with Crippen LogP contribution in [0.5, 0.6) is 0 Å². The Balaban J connectivity index is 1.33. The fraction of sp³-hybridized carbons (Fsp3) is 0.750. The Morgan fingerprint density at radius 2 is 1.92 bits per heavy atom. The summed E-state index contributed by atoms with van der Waals surface area (Å²) in [5, 5.41) is 12.7. The molecule has 1 saturated heterocycles. The summed E-state index contributed by atoms with van der Waals surface area (Å²) in [7, 11) is 2.10. The van der Waals surface area contributed by atoms with Crippen LogP contribution < -0.4 is 0 Å². The first-order valence-electron chi connectivity index (χ1n) is 8.76. The lowest BCUT2D eigenvalue weighted by atomic mass is 10.2. The molecule has 0 aromatic carbocycles. The number of aromatic nitrogens is 5. The van der Waals surface area contributed by atoms with Crippen molar-refractivity contribution in [3.05, 3.63) is 23.4 Å². The number of rotatable bonds is 5. The molecule has 2 aromatic heterocycles. The summed E-state index contributed by atoms with van der Waals surface area (Å²) in [6.07, 6.45) is 2.52. The summed E-state index contributed by atoms with van der Waals surface area (Å²) < 4.78 is 7.50. The van der Waals surface area contributed by atoms with Crippen LogP contribution in [0.1, 0.15) is 55.1 Å². The highest BCUT2D eigenvalue weighted by Crippen LogP contribution is 2.38. The second kappa shape index (κ2) is 6.25. The molecule has 2 fully saturated rings. The van der Waals surface area contributed by atoms with Crippen LogP contribution in [0.3, 0.4) is 0 Å². The summed E-state index contributed by atoms with van der Waals surface area (Å²) in [6.45, 7) is 8.89. The van der Waals surface area contributed by atoms with E-state index < -0.39 is 0 Å². The number of hydrogen-bond acceptors (Lipinski definition) is 7. The molecular formula is C16H25N7O. The lowest BCUT2D eigenvalue weighted by Gasteiger charge is -2.36. The molecule has 2 aliphatic rings. The number of nitrogens with zero attached hydrogens (tertiary/aromatic N) is 7. The highest BCUT2D eigenvalue weighted by molar-refractivity contribution is 5.07. The minimum absolute atomic E-state index is 0.171. The molecule has 2 aromatic rings. The Labute approximate surface area is 141 Å². The Hall–Kier alpha value is -1.80. The van der Waals surface area contributed by atoms with Crippen LogP contribution in [-0.2, 0) is 13.6 Å². The summed E-state index contributed by atoms with van der Waals surface area (Å²) in [5.41, 5.74) is 0. The Morgan fingerprint density at radius 3 is 2.54 bits per heavy atom. The average Bonchev–Trinajstić information content (AvgIpc) is 3.24. The van der Waals surface area contributed by atoms with Crippen LogP contribution in [0.4, 0.5) is 0 Å². The fourth-order valence-corrected chi connectivity index (χ4v) is 3.36. The monoisotopic (exact) mass is 331 g/mol. The second-order valence-corrected chi connectivity index (χ2v) is 6.98. The van der Waals surface area contributed by atoms with Crippen molar-refractivity contribution in [1.82, 2.24) is 34.7 Å². The first kappa shape index (κ1) is 15.7. The van der Waals surface area contributed by atoms with E-state index >= 15 is 0 Å². The van der Waals surface area contributed by atoms with E-state index in [1.165, 1.54) is 12.8 Å². The number of hydrogen-bond donors (Lipinski definition) is 0. The van der Waals surface area contributed by atoms with E-state index in [-0.39, 0.29) is 6.04 Å². The number of aryl methyl sites for hydroxylation is 1. The third-order valence-corrected chi connectivity index (χ3v) is 5.16. The van der Waals surface area contributed by atoms with E-state index in [2.05, 4.69) is 48.7 Å².